The normalized spacial score (nSPS) is 10.7. The van der Waals surface area contributed by atoms with Gasteiger partial charge in [0.1, 0.15) is 10.8 Å². The molecule has 1 aromatic carbocycles. The number of anilines is 1. The van der Waals surface area contributed by atoms with Gasteiger partial charge in [-0.25, -0.2) is 9.37 Å². The molecule has 0 bridgehead atoms. The first-order valence-corrected chi connectivity index (χ1v) is 7.85. The van der Waals surface area contributed by atoms with Crippen molar-refractivity contribution in [3.63, 3.8) is 0 Å². The lowest BCUT2D eigenvalue weighted by Gasteiger charge is -2.11. The molecule has 24 heavy (non-hydrogen) atoms. The smallest absolute Gasteiger partial charge is 0.243 e. The molecule has 6 nitrogen and oxygen atoms in total. The van der Waals surface area contributed by atoms with Gasteiger partial charge in [0.25, 0.3) is 0 Å². The predicted molar refractivity (Wildman–Crippen MR) is 105 cm³/mol. The van der Waals surface area contributed by atoms with Crippen LogP contribution in [0.2, 0.25) is 0 Å². The Kier molecular flexibility index (Phi) is 8.61. The minimum atomic E-state index is -0.396. The molecule has 0 saturated heterocycles. The van der Waals surface area contributed by atoms with Gasteiger partial charge in [0.15, 0.2) is 5.96 Å². The average molecular weight is 463 g/mol. The van der Waals surface area contributed by atoms with Crippen molar-refractivity contribution in [1.29, 1.82) is 0 Å². The van der Waals surface area contributed by atoms with Crippen LogP contribution in [0.25, 0.3) is 0 Å². The van der Waals surface area contributed by atoms with E-state index in [4.69, 9.17) is 0 Å². The third kappa shape index (κ3) is 6.79. The van der Waals surface area contributed by atoms with Crippen LogP contribution >= 0.6 is 35.3 Å². The van der Waals surface area contributed by atoms with Gasteiger partial charge in [0.2, 0.25) is 5.91 Å². The number of nitrogens with one attached hydrogen (secondary N) is 3. The molecule has 2 aromatic rings. The van der Waals surface area contributed by atoms with Crippen LogP contribution in [0.15, 0.2) is 34.6 Å². The molecule has 2 rings (SSSR count). The fourth-order valence-corrected chi connectivity index (χ4v) is 2.51. The number of thiazole rings is 1. The Balaban J connectivity index is 0.00000288. The van der Waals surface area contributed by atoms with Gasteiger partial charge in [-0.3, -0.25) is 9.79 Å². The fraction of sp³-hybridized carbons (Fsp3) is 0.267. The van der Waals surface area contributed by atoms with Crippen molar-refractivity contribution < 1.29 is 9.18 Å². The molecule has 0 aliphatic carbocycles. The molecule has 0 spiro atoms. The van der Waals surface area contributed by atoms with E-state index in [1.165, 1.54) is 18.2 Å². The van der Waals surface area contributed by atoms with Crippen molar-refractivity contribution in [3.8, 4) is 0 Å². The summed E-state index contributed by atoms with van der Waals surface area (Å²) in [5, 5.41) is 11.5. The average Bonchev–Trinajstić information content (AvgIpc) is 2.93. The summed E-state index contributed by atoms with van der Waals surface area (Å²) < 4.78 is 13.0. The van der Waals surface area contributed by atoms with Crippen LogP contribution in [0.4, 0.5) is 10.1 Å². The van der Waals surface area contributed by atoms with Crippen LogP contribution in [-0.4, -0.2) is 30.4 Å². The number of halogens is 2. The van der Waals surface area contributed by atoms with Crippen molar-refractivity contribution >= 4 is 52.9 Å². The molecule has 130 valence electrons. The monoisotopic (exact) mass is 463 g/mol. The molecule has 0 atom stereocenters. The molecule has 0 fully saturated rings. The van der Waals surface area contributed by atoms with E-state index >= 15 is 0 Å². The minimum absolute atomic E-state index is 0. The SMILES string of the molecule is CN=C(NCC(=O)Nc1cccc(F)c1)NCc1nc(C)cs1.I. The second kappa shape index (κ2) is 10.2. The quantitative estimate of drug-likeness (QED) is 0.362. The number of aromatic nitrogens is 1. The maximum atomic E-state index is 13.0. The molecular formula is C15H19FIN5OS. The lowest BCUT2D eigenvalue weighted by molar-refractivity contribution is -0.115. The highest BCUT2D eigenvalue weighted by Crippen LogP contribution is 2.09. The maximum Gasteiger partial charge on any atom is 0.243 e. The number of amides is 1. The number of aliphatic imine (C=N–C) groups is 1. The zero-order chi connectivity index (χ0) is 16.7. The highest BCUT2D eigenvalue weighted by atomic mass is 127. The van der Waals surface area contributed by atoms with Crippen LogP contribution in [0, 0.1) is 12.7 Å². The molecule has 0 radical (unpaired) electrons. The molecule has 1 aromatic heterocycles. The minimum Gasteiger partial charge on any atom is -0.350 e. The van der Waals surface area contributed by atoms with Crippen molar-refractivity contribution in [1.82, 2.24) is 15.6 Å². The molecule has 0 aliphatic rings. The molecule has 3 N–H and O–H groups in total. The Bertz CT molecular complexity index is 707. The number of carbonyl (C=O) groups excluding carboxylic acids is 1. The molecular weight excluding hydrogens is 444 g/mol. The maximum absolute atomic E-state index is 13.0. The second-order valence-corrected chi connectivity index (χ2v) is 5.66. The molecule has 1 amide bonds. The summed E-state index contributed by atoms with van der Waals surface area (Å²) in [6.45, 7) is 2.49. The summed E-state index contributed by atoms with van der Waals surface area (Å²) in [4.78, 5) is 20.2. The zero-order valence-electron chi connectivity index (χ0n) is 13.3. The van der Waals surface area contributed by atoms with E-state index in [1.807, 2.05) is 12.3 Å². The number of hydrogen-bond acceptors (Lipinski definition) is 4. The Morgan fingerprint density at radius 1 is 1.38 bits per heavy atom. The van der Waals surface area contributed by atoms with Gasteiger partial charge >= 0.3 is 0 Å². The highest BCUT2D eigenvalue weighted by Gasteiger charge is 2.06. The standard InChI is InChI=1S/C15H18FN5OS.HI/c1-10-9-23-14(20-10)8-19-15(17-2)18-7-13(22)21-12-5-3-4-11(16)6-12;/h3-6,9H,7-8H2,1-2H3,(H,21,22)(H2,17,18,19);1H. The van der Waals surface area contributed by atoms with Gasteiger partial charge in [-0.2, -0.15) is 0 Å². The van der Waals surface area contributed by atoms with Crippen molar-refractivity contribution in [2.75, 3.05) is 18.9 Å². The highest BCUT2D eigenvalue weighted by molar-refractivity contribution is 14.0. The number of nitrogens with zero attached hydrogens (tertiary/aromatic N) is 2. The first kappa shape index (κ1) is 20.3. The topological polar surface area (TPSA) is 78.4 Å². The van der Waals surface area contributed by atoms with Crippen LogP contribution in [-0.2, 0) is 11.3 Å². The summed E-state index contributed by atoms with van der Waals surface area (Å²) in [5.74, 6) is -0.192. The third-order valence-corrected chi connectivity index (χ3v) is 3.79. The van der Waals surface area contributed by atoms with E-state index in [0.717, 1.165) is 10.7 Å². The molecule has 0 aliphatic heterocycles. The van der Waals surface area contributed by atoms with E-state index in [-0.39, 0.29) is 36.4 Å². The van der Waals surface area contributed by atoms with Crippen LogP contribution in [0.3, 0.4) is 0 Å². The lowest BCUT2D eigenvalue weighted by atomic mass is 10.3. The van der Waals surface area contributed by atoms with E-state index in [9.17, 15) is 9.18 Å². The number of rotatable bonds is 5. The van der Waals surface area contributed by atoms with Gasteiger partial charge in [0.05, 0.1) is 13.1 Å². The second-order valence-electron chi connectivity index (χ2n) is 4.72. The molecule has 0 unspecified atom stereocenters. The van der Waals surface area contributed by atoms with Crippen molar-refractivity contribution in [3.05, 3.63) is 46.2 Å². The predicted octanol–water partition coefficient (Wildman–Crippen LogP) is 2.51. The number of carbonyl (C=O) groups is 1. The summed E-state index contributed by atoms with van der Waals surface area (Å²) in [7, 11) is 1.62. The van der Waals surface area contributed by atoms with Crippen LogP contribution in [0.1, 0.15) is 10.7 Å². The lowest BCUT2D eigenvalue weighted by Crippen LogP contribution is -2.41. The Hall–Kier alpha value is -1.75. The number of hydrogen-bond donors (Lipinski definition) is 3. The Morgan fingerprint density at radius 3 is 2.79 bits per heavy atom. The first-order valence-electron chi connectivity index (χ1n) is 6.98. The molecule has 1 heterocycles. The van der Waals surface area contributed by atoms with Crippen molar-refractivity contribution in [2.24, 2.45) is 4.99 Å². The van der Waals surface area contributed by atoms with E-state index in [0.29, 0.717) is 18.2 Å². The fourth-order valence-electron chi connectivity index (χ4n) is 1.80. The largest absolute Gasteiger partial charge is 0.350 e. The third-order valence-electron chi connectivity index (χ3n) is 2.82. The van der Waals surface area contributed by atoms with Crippen LogP contribution < -0.4 is 16.0 Å². The Morgan fingerprint density at radius 2 is 2.17 bits per heavy atom. The van der Waals surface area contributed by atoms with E-state index in [1.54, 1.807) is 24.5 Å². The number of benzene rings is 1. The van der Waals surface area contributed by atoms with Gasteiger partial charge in [0, 0.05) is 23.8 Å². The van der Waals surface area contributed by atoms with Crippen molar-refractivity contribution in [2.45, 2.75) is 13.5 Å². The summed E-state index contributed by atoms with van der Waals surface area (Å²) in [6, 6.07) is 5.74. The number of guanidine groups is 1. The van der Waals surface area contributed by atoms with Crippen LogP contribution in [0.5, 0.6) is 0 Å². The summed E-state index contributed by atoms with van der Waals surface area (Å²) in [6.07, 6.45) is 0. The number of aryl methyl sites for hydroxylation is 1. The first-order chi connectivity index (χ1) is 11.1. The van der Waals surface area contributed by atoms with E-state index in [2.05, 4.69) is 25.9 Å². The van der Waals surface area contributed by atoms with Gasteiger partial charge in [-0.15, -0.1) is 35.3 Å². The molecule has 9 heteroatoms. The Labute approximate surface area is 161 Å². The molecule has 0 saturated carbocycles. The zero-order valence-corrected chi connectivity index (χ0v) is 16.4. The van der Waals surface area contributed by atoms with Gasteiger partial charge in [-0.1, -0.05) is 6.07 Å². The van der Waals surface area contributed by atoms with E-state index < -0.39 is 5.82 Å². The van der Waals surface area contributed by atoms with Gasteiger partial charge in [-0.05, 0) is 25.1 Å². The summed E-state index contributed by atoms with van der Waals surface area (Å²) >= 11 is 1.56. The van der Waals surface area contributed by atoms with Gasteiger partial charge < -0.3 is 16.0 Å². The summed E-state index contributed by atoms with van der Waals surface area (Å²) in [5.41, 5.74) is 1.39.